The first-order valence-corrected chi connectivity index (χ1v) is 6.48. The fourth-order valence-corrected chi connectivity index (χ4v) is 3.24. The number of hydrogen-bond donors (Lipinski definition) is 0. The van der Waals surface area contributed by atoms with Crippen molar-refractivity contribution in [1.82, 2.24) is 0 Å². The zero-order valence-electron chi connectivity index (χ0n) is 8.13. The molecule has 0 fully saturated rings. The zero-order chi connectivity index (χ0) is 10.1. The Balaban J connectivity index is 2.66. The van der Waals surface area contributed by atoms with Crippen LogP contribution in [0.4, 0.5) is 0 Å². The van der Waals surface area contributed by atoms with Crippen LogP contribution < -0.4 is 4.74 Å². The molecule has 2 aromatic rings. The Morgan fingerprint density at radius 1 is 1.43 bits per heavy atom. The average Bonchev–Trinajstić information content (AvgIpc) is 2.49. The SMILES string of the molecule is CCOc1csc2c(C)cc(I)cc12. The Morgan fingerprint density at radius 3 is 2.93 bits per heavy atom. The van der Waals surface area contributed by atoms with Gasteiger partial charge in [-0.2, -0.15) is 0 Å². The lowest BCUT2D eigenvalue weighted by Gasteiger charge is -2.02. The molecular formula is C11H11IOS. The van der Waals surface area contributed by atoms with Crippen LogP contribution in [0.25, 0.3) is 10.1 Å². The minimum absolute atomic E-state index is 0.732. The molecule has 3 heteroatoms. The maximum absolute atomic E-state index is 5.58. The van der Waals surface area contributed by atoms with Gasteiger partial charge in [-0.1, -0.05) is 0 Å². The smallest absolute Gasteiger partial charge is 0.137 e. The van der Waals surface area contributed by atoms with E-state index in [0.717, 1.165) is 12.4 Å². The summed E-state index contributed by atoms with van der Waals surface area (Å²) in [6, 6.07) is 4.39. The molecule has 0 spiro atoms. The highest BCUT2D eigenvalue weighted by Crippen LogP contribution is 2.35. The van der Waals surface area contributed by atoms with Gasteiger partial charge in [0.25, 0.3) is 0 Å². The summed E-state index contributed by atoms with van der Waals surface area (Å²) in [6.07, 6.45) is 0. The molecule has 1 aromatic carbocycles. The molecule has 2 rings (SSSR count). The highest BCUT2D eigenvalue weighted by atomic mass is 127. The van der Waals surface area contributed by atoms with Crippen molar-refractivity contribution in [2.24, 2.45) is 0 Å². The second kappa shape index (κ2) is 4.06. The second-order valence-electron chi connectivity index (χ2n) is 3.13. The second-order valence-corrected chi connectivity index (χ2v) is 5.26. The number of benzene rings is 1. The topological polar surface area (TPSA) is 9.23 Å². The van der Waals surface area contributed by atoms with Crippen LogP contribution >= 0.6 is 33.9 Å². The fourth-order valence-electron chi connectivity index (χ4n) is 1.51. The van der Waals surface area contributed by atoms with Gasteiger partial charge in [-0.05, 0) is 54.1 Å². The van der Waals surface area contributed by atoms with E-state index in [1.165, 1.54) is 19.2 Å². The summed E-state index contributed by atoms with van der Waals surface area (Å²) < 4.78 is 8.19. The van der Waals surface area contributed by atoms with Gasteiger partial charge in [-0.15, -0.1) is 11.3 Å². The Kier molecular flexibility index (Phi) is 2.97. The van der Waals surface area contributed by atoms with Crippen LogP contribution in [0.15, 0.2) is 17.5 Å². The van der Waals surface area contributed by atoms with Crippen molar-refractivity contribution in [2.75, 3.05) is 6.61 Å². The van der Waals surface area contributed by atoms with Gasteiger partial charge in [-0.25, -0.2) is 0 Å². The van der Waals surface area contributed by atoms with Gasteiger partial charge < -0.3 is 4.74 Å². The summed E-state index contributed by atoms with van der Waals surface area (Å²) in [6.45, 7) is 4.90. The number of thiophene rings is 1. The maximum Gasteiger partial charge on any atom is 0.137 e. The van der Waals surface area contributed by atoms with E-state index in [1.54, 1.807) is 11.3 Å². The minimum atomic E-state index is 0.732. The Morgan fingerprint density at radius 2 is 2.21 bits per heavy atom. The van der Waals surface area contributed by atoms with Crippen molar-refractivity contribution in [3.05, 3.63) is 26.6 Å². The molecule has 0 N–H and O–H groups in total. The molecule has 0 unspecified atom stereocenters. The van der Waals surface area contributed by atoms with E-state index in [2.05, 4.69) is 47.0 Å². The predicted octanol–water partition coefficient (Wildman–Crippen LogP) is 4.21. The van der Waals surface area contributed by atoms with E-state index in [1.807, 2.05) is 6.92 Å². The molecule has 0 radical (unpaired) electrons. The van der Waals surface area contributed by atoms with Crippen LogP contribution in [0.3, 0.4) is 0 Å². The lowest BCUT2D eigenvalue weighted by atomic mass is 10.2. The first-order chi connectivity index (χ1) is 6.72. The van der Waals surface area contributed by atoms with Crippen LogP contribution in [0.1, 0.15) is 12.5 Å². The third kappa shape index (κ3) is 1.75. The molecule has 1 aromatic heterocycles. The molecule has 0 aliphatic rings. The van der Waals surface area contributed by atoms with Crippen LogP contribution in [-0.2, 0) is 0 Å². The van der Waals surface area contributed by atoms with Crippen molar-refractivity contribution in [1.29, 1.82) is 0 Å². The van der Waals surface area contributed by atoms with Crippen LogP contribution in [0.5, 0.6) is 5.75 Å². The molecule has 1 heterocycles. The van der Waals surface area contributed by atoms with Crippen molar-refractivity contribution < 1.29 is 4.74 Å². The molecule has 0 aliphatic carbocycles. The normalized spacial score (nSPS) is 10.8. The Labute approximate surface area is 101 Å². The maximum atomic E-state index is 5.58. The summed E-state index contributed by atoms with van der Waals surface area (Å²) >= 11 is 4.11. The van der Waals surface area contributed by atoms with E-state index in [4.69, 9.17) is 4.74 Å². The van der Waals surface area contributed by atoms with Gasteiger partial charge in [0.2, 0.25) is 0 Å². The average molecular weight is 318 g/mol. The summed E-state index contributed by atoms with van der Waals surface area (Å²) in [5, 5.41) is 3.35. The van der Waals surface area contributed by atoms with Gasteiger partial charge in [0.15, 0.2) is 0 Å². The summed E-state index contributed by atoms with van der Waals surface area (Å²) in [4.78, 5) is 0. The molecule has 14 heavy (non-hydrogen) atoms. The van der Waals surface area contributed by atoms with E-state index in [-0.39, 0.29) is 0 Å². The molecule has 1 nitrogen and oxygen atoms in total. The molecule has 0 bridgehead atoms. The third-order valence-electron chi connectivity index (χ3n) is 2.09. The number of aryl methyl sites for hydroxylation is 1. The highest BCUT2D eigenvalue weighted by Gasteiger charge is 2.07. The first kappa shape index (κ1) is 10.2. The number of ether oxygens (including phenoxy) is 1. The zero-order valence-corrected chi connectivity index (χ0v) is 11.1. The van der Waals surface area contributed by atoms with Gasteiger partial charge in [0.1, 0.15) is 5.75 Å². The number of rotatable bonds is 2. The summed E-state index contributed by atoms with van der Waals surface area (Å²) in [5.74, 6) is 1.02. The number of halogens is 1. The fraction of sp³-hybridized carbons (Fsp3) is 0.273. The number of fused-ring (bicyclic) bond motifs is 1. The lowest BCUT2D eigenvalue weighted by molar-refractivity contribution is 0.345. The van der Waals surface area contributed by atoms with E-state index < -0.39 is 0 Å². The van der Waals surface area contributed by atoms with Gasteiger partial charge in [0.05, 0.1) is 6.61 Å². The molecule has 0 atom stereocenters. The summed E-state index contributed by atoms with van der Waals surface area (Å²) in [5.41, 5.74) is 1.34. The van der Waals surface area contributed by atoms with Gasteiger partial charge in [0, 0.05) is 19.0 Å². The monoisotopic (exact) mass is 318 g/mol. The largest absolute Gasteiger partial charge is 0.492 e. The molecule has 0 saturated carbocycles. The van der Waals surface area contributed by atoms with Gasteiger partial charge >= 0.3 is 0 Å². The molecule has 74 valence electrons. The van der Waals surface area contributed by atoms with Crippen LogP contribution in [-0.4, -0.2) is 6.61 Å². The highest BCUT2D eigenvalue weighted by molar-refractivity contribution is 14.1. The quantitative estimate of drug-likeness (QED) is 0.754. The van der Waals surface area contributed by atoms with Crippen LogP contribution in [0, 0.1) is 10.5 Å². The van der Waals surface area contributed by atoms with Crippen molar-refractivity contribution in [3.8, 4) is 5.75 Å². The lowest BCUT2D eigenvalue weighted by Crippen LogP contribution is -1.89. The third-order valence-corrected chi connectivity index (χ3v) is 3.82. The van der Waals surface area contributed by atoms with E-state index >= 15 is 0 Å². The van der Waals surface area contributed by atoms with Crippen molar-refractivity contribution in [2.45, 2.75) is 13.8 Å². The van der Waals surface area contributed by atoms with Gasteiger partial charge in [-0.3, -0.25) is 0 Å². The van der Waals surface area contributed by atoms with Crippen molar-refractivity contribution >= 4 is 44.0 Å². The first-order valence-electron chi connectivity index (χ1n) is 4.52. The van der Waals surface area contributed by atoms with Crippen LogP contribution in [0.2, 0.25) is 0 Å². The van der Waals surface area contributed by atoms with Crippen molar-refractivity contribution in [3.63, 3.8) is 0 Å². The standard InChI is InChI=1S/C11H11IOS/c1-3-13-10-6-14-11-7(2)4-8(12)5-9(10)11/h4-6H,3H2,1-2H3. The molecule has 0 aliphatic heterocycles. The molecule has 0 amide bonds. The molecular weight excluding hydrogens is 307 g/mol. The van der Waals surface area contributed by atoms with E-state index in [0.29, 0.717) is 0 Å². The molecule has 0 saturated heterocycles. The Bertz CT molecular complexity index is 462. The number of hydrogen-bond acceptors (Lipinski definition) is 2. The Hall–Kier alpha value is -0.290. The van der Waals surface area contributed by atoms with E-state index in [9.17, 15) is 0 Å². The summed E-state index contributed by atoms with van der Waals surface area (Å²) in [7, 11) is 0. The minimum Gasteiger partial charge on any atom is -0.492 e. The predicted molar refractivity (Wildman–Crippen MR) is 70.4 cm³/mol.